The van der Waals surface area contributed by atoms with Crippen molar-refractivity contribution in [3.05, 3.63) is 58.6 Å². The molecule has 0 unspecified atom stereocenters. The van der Waals surface area contributed by atoms with Gasteiger partial charge in [0.25, 0.3) is 11.8 Å². The Morgan fingerprint density at radius 3 is 2.50 bits per heavy atom. The molecule has 0 saturated carbocycles. The van der Waals surface area contributed by atoms with Crippen LogP contribution in [0.3, 0.4) is 0 Å². The summed E-state index contributed by atoms with van der Waals surface area (Å²) in [4.78, 5) is 23.3. The molecule has 0 bridgehead atoms. The van der Waals surface area contributed by atoms with Gasteiger partial charge in [0.15, 0.2) is 6.61 Å². The number of aromatic hydroxyl groups is 1. The van der Waals surface area contributed by atoms with Crippen molar-refractivity contribution in [2.75, 3.05) is 6.61 Å². The number of phenolic OH excluding ortho intramolecular Hbond substituents is 1. The molecule has 2 aromatic rings. The Kier molecular flexibility index (Phi) is 5.37. The molecule has 2 aromatic carbocycles. The first-order valence-corrected chi connectivity index (χ1v) is 7.10. The normalized spacial score (nSPS) is 9.86. The molecule has 0 fully saturated rings. The first-order valence-electron chi connectivity index (χ1n) is 6.31. The zero-order valence-corrected chi connectivity index (χ0v) is 13.0. The van der Waals surface area contributed by atoms with Gasteiger partial charge < -0.3 is 9.84 Å². The summed E-state index contributed by atoms with van der Waals surface area (Å²) in [5, 5.41) is 9.28. The fraction of sp³-hybridized carbons (Fsp3) is 0.0667. The second-order valence-corrected chi connectivity index (χ2v) is 5.21. The molecule has 0 heterocycles. The van der Waals surface area contributed by atoms with Crippen LogP contribution in [0, 0.1) is 0 Å². The monoisotopic (exact) mass is 364 g/mol. The smallest absolute Gasteiger partial charge is 0.276 e. The second-order valence-electron chi connectivity index (χ2n) is 4.30. The Labute approximate surface area is 135 Å². The molecule has 6 nitrogen and oxygen atoms in total. The van der Waals surface area contributed by atoms with Crippen molar-refractivity contribution in [3.63, 3.8) is 0 Å². The van der Waals surface area contributed by atoms with E-state index in [0.29, 0.717) is 5.75 Å². The number of carbonyl (C=O) groups excluding carboxylic acids is 2. The predicted octanol–water partition coefficient (Wildman–Crippen LogP) is 1.99. The molecule has 7 heteroatoms. The Morgan fingerprint density at radius 1 is 1.09 bits per heavy atom. The van der Waals surface area contributed by atoms with Crippen molar-refractivity contribution < 1.29 is 19.4 Å². The number of phenols is 1. The third-order valence-corrected chi connectivity index (χ3v) is 3.14. The fourth-order valence-corrected chi connectivity index (χ4v) is 1.83. The van der Waals surface area contributed by atoms with Gasteiger partial charge in [0.05, 0.1) is 0 Å². The number of nitrogens with one attached hydrogen (secondary N) is 2. The lowest BCUT2D eigenvalue weighted by molar-refractivity contribution is -0.123. The van der Waals surface area contributed by atoms with E-state index >= 15 is 0 Å². The fourth-order valence-electron chi connectivity index (χ4n) is 1.56. The van der Waals surface area contributed by atoms with Crippen LogP contribution in [-0.2, 0) is 4.79 Å². The average molecular weight is 365 g/mol. The zero-order chi connectivity index (χ0) is 15.9. The van der Waals surface area contributed by atoms with Crippen LogP contribution in [0.4, 0.5) is 0 Å². The highest BCUT2D eigenvalue weighted by molar-refractivity contribution is 9.10. The third-order valence-electron chi connectivity index (χ3n) is 2.61. The molecule has 2 rings (SSSR count). The standard InChI is InChI=1S/C15H13BrN2O4/c16-11-4-6-13(7-5-11)22-9-14(20)17-18-15(21)10-2-1-3-12(19)8-10/h1-8,19H,9H2,(H,17,20)(H,18,21). The first kappa shape index (κ1) is 15.8. The lowest BCUT2D eigenvalue weighted by atomic mass is 10.2. The maximum absolute atomic E-state index is 11.7. The Hall–Kier alpha value is -2.54. The van der Waals surface area contributed by atoms with Crippen LogP contribution >= 0.6 is 15.9 Å². The molecule has 0 spiro atoms. The maximum Gasteiger partial charge on any atom is 0.276 e. The quantitative estimate of drug-likeness (QED) is 0.724. The number of halogens is 1. The molecule has 0 saturated heterocycles. The number of hydrogen-bond donors (Lipinski definition) is 3. The van der Waals surface area contributed by atoms with Crippen molar-refractivity contribution >= 4 is 27.7 Å². The Bertz CT molecular complexity index is 673. The van der Waals surface area contributed by atoms with E-state index in [0.717, 1.165) is 4.47 Å². The Balaban J connectivity index is 1.78. The largest absolute Gasteiger partial charge is 0.508 e. The summed E-state index contributed by atoms with van der Waals surface area (Å²) >= 11 is 3.29. The van der Waals surface area contributed by atoms with Crippen molar-refractivity contribution in [1.82, 2.24) is 10.9 Å². The number of ether oxygens (including phenoxy) is 1. The molecular weight excluding hydrogens is 352 g/mol. The highest BCUT2D eigenvalue weighted by Crippen LogP contribution is 2.15. The summed E-state index contributed by atoms with van der Waals surface area (Å²) < 4.78 is 6.16. The molecule has 0 aliphatic rings. The molecule has 0 atom stereocenters. The molecule has 0 aliphatic carbocycles. The first-order chi connectivity index (χ1) is 10.5. The molecular formula is C15H13BrN2O4. The molecule has 0 radical (unpaired) electrons. The van der Waals surface area contributed by atoms with Crippen molar-refractivity contribution in [3.8, 4) is 11.5 Å². The van der Waals surface area contributed by atoms with Gasteiger partial charge >= 0.3 is 0 Å². The molecule has 22 heavy (non-hydrogen) atoms. The lowest BCUT2D eigenvalue weighted by Gasteiger charge is -2.09. The second kappa shape index (κ2) is 7.46. The van der Waals surface area contributed by atoms with Gasteiger partial charge in [0.1, 0.15) is 11.5 Å². The SMILES string of the molecule is O=C(COc1ccc(Br)cc1)NNC(=O)c1cccc(O)c1. The summed E-state index contributed by atoms with van der Waals surface area (Å²) in [5.74, 6) is -0.528. The topological polar surface area (TPSA) is 87.7 Å². The average Bonchev–Trinajstić information content (AvgIpc) is 2.52. The summed E-state index contributed by atoms with van der Waals surface area (Å²) in [6, 6.07) is 12.8. The minimum atomic E-state index is -0.534. The maximum atomic E-state index is 11.7. The highest BCUT2D eigenvalue weighted by Gasteiger charge is 2.08. The summed E-state index contributed by atoms with van der Waals surface area (Å²) in [6.07, 6.45) is 0. The van der Waals surface area contributed by atoms with E-state index in [1.807, 2.05) is 0 Å². The van der Waals surface area contributed by atoms with Crippen LogP contribution in [0.1, 0.15) is 10.4 Å². The number of rotatable bonds is 4. The summed E-state index contributed by atoms with van der Waals surface area (Å²) in [5.41, 5.74) is 4.69. The van der Waals surface area contributed by atoms with Gasteiger partial charge in [0.2, 0.25) is 0 Å². The predicted molar refractivity (Wildman–Crippen MR) is 83.4 cm³/mol. The Morgan fingerprint density at radius 2 is 1.82 bits per heavy atom. The zero-order valence-electron chi connectivity index (χ0n) is 11.4. The van der Waals surface area contributed by atoms with Crippen LogP contribution in [0.25, 0.3) is 0 Å². The van der Waals surface area contributed by atoms with E-state index in [1.165, 1.54) is 24.3 Å². The minimum Gasteiger partial charge on any atom is -0.508 e. The number of carbonyl (C=O) groups is 2. The number of hydrogen-bond acceptors (Lipinski definition) is 4. The van der Waals surface area contributed by atoms with Crippen LogP contribution < -0.4 is 15.6 Å². The van der Waals surface area contributed by atoms with Crippen molar-refractivity contribution in [2.45, 2.75) is 0 Å². The van der Waals surface area contributed by atoms with E-state index in [9.17, 15) is 14.7 Å². The molecule has 2 amide bonds. The highest BCUT2D eigenvalue weighted by atomic mass is 79.9. The van der Waals surface area contributed by atoms with E-state index < -0.39 is 11.8 Å². The molecule has 3 N–H and O–H groups in total. The molecule has 0 aliphatic heterocycles. The van der Waals surface area contributed by atoms with Crippen LogP contribution in [-0.4, -0.2) is 23.5 Å². The van der Waals surface area contributed by atoms with Crippen LogP contribution in [0.2, 0.25) is 0 Å². The number of hydrazine groups is 1. The van der Waals surface area contributed by atoms with Gasteiger partial charge in [-0.15, -0.1) is 0 Å². The summed E-state index contributed by atoms with van der Waals surface area (Å²) in [6.45, 7) is -0.234. The van der Waals surface area contributed by atoms with Gasteiger partial charge in [-0.2, -0.15) is 0 Å². The van der Waals surface area contributed by atoms with Crippen LogP contribution in [0.5, 0.6) is 11.5 Å². The lowest BCUT2D eigenvalue weighted by Crippen LogP contribution is -2.43. The van der Waals surface area contributed by atoms with Gasteiger partial charge in [-0.05, 0) is 42.5 Å². The van der Waals surface area contributed by atoms with Crippen molar-refractivity contribution in [1.29, 1.82) is 0 Å². The molecule has 114 valence electrons. The van der Waals surface area contributed by atoms with Gasteiger partial charge in [-0.3, -0.25) is 20.4 Å². The third kappa shape index (κ3) is 4.78. The van der Waals surface area contributed by atoms with Gasteiger partial charge in [-0.1, -0.05) is 22.0 Å². The van der Waals surface area contributed by atoms with Gasteiger partial charge in [-0.25, -0.2) is 0 Å². The van der Waals surface area contributed by atoms with E-state index in [1.54, 1.807) is 24.3 Å². The van der Waals surface area contributed by atoms with Crippen LogP contribution in [0.15, 0.2) is 53.0 Å². The van der Waals surface area contributed by atoms with E-state index in [2.05, 4.69) is 26.8 Å². The minimum absolute atomic E-state index is 0.0300. The van der Waals surface area contributed by atoms with Gasteiger partial charge in [0, 0.05) is 10.0 Å². The number of benzene rings is 2. The number of amides is 2. The van der Waals surface area contributed by atoms with Crippen molar-refractivity contribution in [2.24, 2.45) is 0 Å². The van der Waals surface area contributed by atoms with E-state index in [-0.39, 0.29) is 17.9 Å². The molecule has 0 aromatic heterocycles. The summed E-state index contributed by atoms with van der Waals surface area (Å²) in [7, 11) is 0. The van der Waals surface area contributed by atoms with E-state index in [4.69, 9.17) is 4.74 Å².